The number of methoxy groups -OCH3 is 1. The Morgan fingerprint density at radius 2 is 2.28 bits per heavy atom. The van der Waals surface area contributed by atoms with Crippen molar-refractivity contribution >= 4 is 5.97 Å². The summed E-state index contributed by atoms with van der Waals surface area (Å²) in [7, 11) is 3.33. The van der Waals surface area contributed by atoms with E-state index in [1.54, 1.807) is 0 Å². The van der Waals surface area contributed by atoms with Gasteiger partial charge in [-0.3, -0.25) is 14.6 Å². The maximum absolute atomic E-state index is 11.2. The molecule has 18 heavy (non-hydrogen) atoms. The Kier molecular flexibility index (Phi) is 6.60. The molecule has 1 unspecified atom stereocenters. The average molecular weight is 258 g/mol. The van der Waals surface area contributed by atoms with Gasteiger partial charge in [0.25, 0.3) is 0 Å². The SMILES string of the molecule is COC(=O)CN(C)CC1CN(CC(C)C)CCO1. The van der Waals surface area contributed by atoms with Crippen molar-refractivity contribution in [1.82, 2.24) is 9.80 Å². The molecule has 0 aromatic carbocycles. The third-order valence-electron chi connectivity index (χ3n) is 2.99. The number of ether oxygens (including phenoxy) is 2. The standard InChI is InChI=1S/C13H26N2O3/c1-11(2)7-15-5-6-18-12(9-15)8-14(3)10-13(16)17-4/h11-12H,5-10H2,1-4H3. The number of carbonyl (C=O) groups excluding carboxylic acids is 1. The first-order valence-corrected chi connectivity index (χ1v) is 6.60. The Bertz CT molecular complexity index is 259. The molecular formula is C13H26N2O3. The summed E-state index contributed by atoms with van der Waals surface area (Å²) in [6.45, 7) is 9.40. The topological polar surface area (TPSA) is 42.0 Å². The zero-order chi connectivity index (χ0) is 13.5. The van der Waals surface area contributed by atoms with E-state index in [4.69, 9.17) is 4.74 Å². The first-order valence-electron chi connectivity index (χ1n) is 6.60. The highest BCUT2D eigenvalue weighted by molar-refractivity contribution is 5.71. The van der Waals surface area contributed by atoms with Crippen molar-refractivity contribution in [3.8, 4) is 0 Å². The molecule has 5 heteroatoms. The predicted molar refractivity (Wildman–Crippen MR) is 70.5 cm³/mol. The summed E-state index contributed by atoms with van der Waals surface area (Å²) < 4.78 is 10.4. The van der Waals surface area contributed by atoms with Crippen molar-refractivity contribution in [2.24, 2.45) is 5.92 Å². The molecule has 1 aliphatic rings. The molecule has 1 fully saturated rings. The summed E-state index contributed by atoms with van der Waals surface area (Å²) in [5.41, 5.74) is 0. The van der Waals surface area contributed by atoms with Gasteiger partial charge in [-0.15, -0.1) is 0 Å². The van der Waals surface area contributed by atoms with E-state index < -0.39 is 0 Å². The number of hydrogen-bond donors (Lipinski definition) is 0. The molecule has 0 amide bonds. The molecule has 0 N–H and O–H groups in total. The summed E-state index contributed by atoms with van der Waals surface area (Å²) in [5.74, 6) is 0.476. The van der Waals surface area contributed by atoms with Gasteiger partial charge in [-0.2, -0.15) is 0 Å². The van der Waals surface area contributed by atoms with Gasteiger partial charge in [0.05, 0.1) is 26.4 Å². The van der Waals surface area contributed by atoms with Crippen LogP contribution in [0, 0.1) is 5.92 Å². The van der Waals surface area contributed by atoms with Crippen LogP contribution in [0.15, 0.2) is 0 Å². The number of hydrogen-bond acceptors (Lipinski definition) is 5. The number of nitrogens with zero attached hydrogens (tertiary/aromatic N) is 2. The lowest BCUT2D eigenvalue weighted by atomic mass is 10.1. The molecule has 1 aliphatic heterocycles. The summed E-state index contributed by atoms with van der Waals surface area (Å²) >= 11 is 0. The smallest absolute Gasteiger partial charge is 0.319 e. The van der Waals surface area contributed by atoms with Crippen molar-refractivity contribution in [1.29, 1.82) is 0 Å². The second-order valence-corrected chi connectivity index (χ2v) is 5.42. The third-order valence-corrected chi connectivity index (χ3v) is 2.99. The zero-order valence-electron chi connectivity index (χ0n) is 12.0. The van der Waals surface area contributed by atoms with Crippen LogP contribution >= 0.6 is 0 Å². The van der Waals surface area contributed by atoms with Crippen LogP contribution < -0.4 is 0 Å². The lowest BCUT2D eigenvalue weighted by molar-refractivity contribution is -0.142. The Balaban J connectivity index is 2.30. The monoisotopic (exact) mass is 258 g/mol. The Morgan fingerprint density at radius 1 is 1.56 bits per heavy atom. The second kappa shape index (κ2) is 7.71. The normalized spacial score (nSPS) is 21.6. The van der Waals surface area contributed by atoms with Crippen LogP contribution in [0.2, 0.25) is 0 Å². The molecule has 0 aliphatic carbocycles. The highest BCUT2D eigenvalue weighted by Crippen LogP contribution is 2.08. The zero-order valence-corrected chi connectivity index (χ0v) is 12.0. The van der Waals surface area contributed by atoms with Crippen molar-refractivity contribution < 1.29 is 14.3 Å². The fraction of sp³-hybridized carbons (Fsp3) is 0.923. The first-order chi connectivity index (χ1) is 8.51. The minimum Gasteiger partial charge on any atom is -0.468 e. The van der Waals surface area contributed by atoms with Crippen molar-refractivity contribution in [3.63, 3.8) is 0 Å². The largest absolute Gasteiger partial charge is 0.468 e. The molecule has 0 aromatic heterocycles. The molecule has 0 saturated carbocycles. The van der Waals surface area contributed by atoms with Crippen molar-refractivity contribution in [2.75, 3.05) is 53.5 Å². The quantitative estimate of drug-likeness (QED) is 0.647. The van der Waals surface area contributed by atoms with Crippen LogP contribution in [0.3, 0.4) is 0 Å². The predicted octanol–water partition coefficient (Wildman–Crippen LogP) is 0.448. The molecule has 0 radical (unpaired) electrons. The van der Waals surface area contributed by atoms with Crippen LogP contribution in [0.1, 0.15) is 13.8 Å². The molecule has 1 atom stereocenters. The van der Waals surface area contributed by atoms with Gasteiger partial charge in [-0.05, 0) is 13.0 Å². The van der Waals surface area contributed by atoms with Crippen LogP contribution in [0.25, 0.3) is 0 Å². The fourth-order valence-corrected chi connectivity index (χ4v) is 2.27. The van der Waals surface area contributed by atoms with Crippen molar-refractivity contribution in [3.05, 3.63) is 0 Å². The van der Waals surface area contributed by atoms with Crippen LogP contribution in [0.5, 0.6) is 0 Å². The van der Waals surface area contributed by atoms with E-state index >= 15 is 0 Å². The number of rotatable bonds is 6. The molecule has 1 saturated heterocycles. The van der Waals surface area contributed by atoms with E-state index in [2.05, 4.69) is 23.5 Å². The van der Waals surface area contributed by atoms with E-state index in [0.717, 1.165) is 32.8 Å². The molecule has 106 valence electrons. The van der Waals surface area contributed by atoms with Crippen LogP contribution in [0.4, 0.5) is 0 Å². The van der Waals surface area contributed by atoms with Gasteiger partial charge in [-0.1, -0.05) is 13.8 Å². The number of esters is 1. The van der Waals surface area contributed by atoms with Gasteiger partial charge in [0.2, 0.25) is 0 Å². The van der Waals surface area contributed by atoms with Gasteiger partial charge < -0.3 is 9.47 Å². The van der Waals surface area contributed by atoms with E-state index in [9.17, 15) is 4.79 Å². The second-order valence-electron chi connectivity index (χ2n) is 5.42. The average Bonchev–Trinajstić information content (AvgIpc) is 2.28. The molecule has 1 rings (SSSR count). The highest BCUT2D eigenvalue weighted by atomic mass is 16.5. The van der Waals surface area contributed by atoms with Gasteiger partial charge in [0, 0.05) is 26.2 Å². The van der Waals surface area contributed by atoms with E-state index in [-0.39, 0.29) is 12.1 Å². The third kappa shape index (κ3) is 5.80. The van der Waals surface area contributed by atoms with Gasteiger partial charge in [-0.25, -0.2) is 0 Å². The fourth-order valence-electron chi connectivity index (χ4n) is 2.27. The lowest BCUT2D eigenvalue weighted by Crippen LogP contribution is -2.48. The summed E-state index contributed by atoms with van der Waals surface area (Å²) in [6.07, 6.45) is 0.187. The van der Waals surface area contributed by atoms with Gasteiger partial charge in [0.1, 0.15) is 0 Å². The Labute approximate surface area is 110 Å². The number of likely N-dealkylation sites (N-methyl/N-ethyl adjacent to an activating group) is 1. The van der Waals surface area contributed by atoms with Crippen LogP contribution in [-0.4, -0.2) is 75.4 Å². The summed E-state index contributed by atoms with van der Waals surface area (Å²) in [4.78, 5) is 15.5. The van der Waals surface area contributed by atoms with Gasteiger partial charge in [0.15, 0.2) is 0 Å². The minimum atomic E-state index is -0.202. The maximum Gasteiger partial charge on any atom is 0.319 e. The van der Waals surface area contributed by atoms with E-state index in [0.29, 0.717) is 12.5 Å². The maximum atomic E-state index is 11.2. The lowest BCUT2D eigenvalue weighted by Gasteiger charge is -2.35. The van der Waals surface area contributed by atoms with Crippen LogP contribution in [-0.2, 0) is 14.3 Å². The Hall–Kier alpha value is -0.650. The summed E-state index contributed by atoms with van der Waals surface area (Å²) in [5, 5.41) is 0. The highest BCUT2D eigenvalue weighted by Gasteiger charge is 2.22. The number of carbonyl (C=O) groups is 1. The minimum absolute atomic E-state index is 0.187. The Morgan fingerprint density at radius 3 is 2.89 bits per heavy atom. The van der Waals surface area contributed by atoms with Gasteiger partial charge >= 0.3 is 5.97 Å². The van der Waals surface area contributed by atoms with Crippen molar-refractivity contribution in [2.45, 2.75) is 20.0 Å². The molecule has 1 heterocycles. The van der Waals surface area contributed by atoms with E-state index in [1.165, 1.54) is 7.11 Å². The summed E-state index contributed by atoms with van der Waals surface area (Å²) in [6, 6.07) is 0. The molecule has 0 aromatic rings. The molecule has 5 nitrogen and oxygen atoms in total. The molecule has 0 spiro atoms. The van der Waals surface area contributed by atoms with E-state index in [1.807, 2.05) is 11.9 Å². The molecular weight excluding hydrogens is 232 g/mol. The first kappa shape index (κ1) is 15.4. The number of morpholine rings is 1. The molecule has 0 bridgehead atoms.